The SMILES string of the molecule is N#Cc1[nH]nnc1-c1ccc(-c2cc(C(F)(F)F)cc(C(F)(F)F)c2)cc1. The molecule has 0 radical (unpaired) electrons. The molecule has 1 aromatic heterocycles. The van der Waals surface area contributed by atoms with E-state index in [9.17, 15) is 26.3 Å². The van der Waals surface area contributed by atoms with Gasteiger partial charge in [0.2, 0.25) is 0 Å². The molecule has 0 aliphatic heterocycles. The monoisotopic (exact) mass is 382 g/mol. The van der Waals surface area contributed by atoms with Crippen LogP contribution in [0.25, 0.3) is 22.4 Å². The van der Waals surface area contributed by atoms with Crippen LogP contribution < -0.4 is 0 Å². The van der Waals surface area contributed by atoms with Crippen molar-refractivity contribution in [2.24, 2.45) is 0 Å². The number of halogens is 6. The molecule has 0 saturated heterocycles. The third kappa shape index (κ3) is 3.76. The second kappa shape index (κ2) is 6.42. The van der Waals surface area contributed by atoms with Gasteiger partial charge in [-0.25, -0.2) is 5.10 Å². The third-order valence-corrected chi connectivity index (χ3v) is 3.74. The van der Waals surface area contributed by atoms with E-state index in [0.29, 0.717) is 17.7 Å². The van der Waals surface area contributed by atoms with E-state index < -0.39 is 23.5 Å². The van der Waals surface area contributed by atoms with Crippen LogP contribution in [0.1, 0.15) is 16.8 Å². The molecule has 0 bridgehead atoms. The lowest BCUT2D eigenvalue weighted by Crippen LogP contribution is -2.11. The molecule has 1 N–H and O–H groups in total. The average Bonchev–Trinajstić information content (AvgIpc) is 3.08. The highest BCUT2D eigenvalue weighted by Crippen LogP contribution is 2.38. The van der Waals surface area contributed by atoms with Crippen LogP contribution in [0, 0.1) is 11.3 Å². The number of alkyl halides is 6. The fraction of sp³-hybridized carbons (Fsp3) is 0.118. The first-order valence-electron chi connectivity index (χ1n) is 7.31. The summed E-state index contributed by atoms with van der Waals surface area (Å²) in [6.45, 7) is 0. The number of H-pyrrole nitrogens is 1. The number of hydrogen-bond donors (Lipinski definition) is 1. The summed E-state index contributed by atoms with van der Waals surface area (Å²) in [5, 5.41) is 18.5. The van der Waals surface area contributed by atoms with E-state index in [0.717, 1.165) is 0 Å². The molecule has 3 rings (SSSR count). The van der Waals surface area contributed by atoms with Crippen LogP contribution in [0.15, 0.2) is 42.5 Å². The molecule has 0 fully saturated rings. The number of aromatic amines is 1. The molecule has 0 aliphatic carbocycles. The third-order valence-electron chi connectivity index (χ3n) is 3.74. The standard InChI is InChI=1S/C17H8F6N4/c18-16(19,20)12-5-11(6-13(7-12)17(21,22)23)9-1-3-10(4-2-9)15-14(8-24)25-27-26-15/h1-7H,(H,25,26,27). The molecule has 0 unspecified atom stereocenters. The quantitative estimate of drug-likeness (QED) is 0.631. The molecule has 4 nitrogen and oxygen atoms in total. The van der Waals surface area contributed by atoms with Crippen molar-refractivity contribution in [3.05, 3.63) is 59.3 Å². The highest BCUT2D eigenvalue weighted by atomic mass is 19.4. The number of nitrogens with zero attached hydrogens (tertiary/aromatic N) is 3. The lowest BCUT2D eigenvalue weighted by molar-refractivity contribution is -0.143. The fourth-order valence-electron chi connectivity index (χ4n) is 2.45. The summed E-state index contributed by atoms with van der Waals surface area (Å²) in [6, 6.07) is 8.78. The van der Waals surface area contributed by atoms with E-state index >= 15 is 0 Å². The molecular weight excluding hydrogens is 374 g/mol. The number of nitrogens with one attached hydrogen (secondary N) is 1. The Labute approximate surface area is 148 Å². The molecule has 0 aliphatic rings. The van der Waals surface area contributed by atoms with Gasteiger partial charge in [0.1, 0.15) is 11.8 Å². The highest BCUT2D eigenvalue weighted by molar-refractivity contribution is 5.71. The zero-order valence-corrected chi connectivity index (χ0v) is 13.2. The van der Waals surface area contributed by atoms with Crippen LogP contribution in [0.5, 0.6) is 0 Å². The fourth-order valence-corrected chi connectivity index (χ4v) is 2.45. The van der Waals surface area contributed by atoms with Gasteiger partial charge in [-0.15, -0.1) is 5.10 Å². The topological polar surface area (TPSA) is 65.4 Å². The molecule has 0 saturated carbocycles. The van der Waals surface area contributed by atoms with Crippen LogP contribution >= 0.6 is 0 Å². The van der Waals surface area contributed by atoms with Gasteiger partial charge >= 0.3 is 12.4 Å². The summed E-state index contributed by atoms with van der Waals surface area (Å²) in [5.41, 5.74) is -2.11. The van der Waals surface area contributed by atoms with Crippen molar-refractivity contribution in [3.63, 3.8) is 0 Å². The van der Waals surface area contributed by atoms with Crippen molar-refractivity contribution in [2.45, 2.75) is 12.4 Å². The second-order valence-electron chi connectivity index (χ2n) is 5.52. The van der Waals surface area contributed by atoms with Crippen molar-refractivity contribution in [1.29, 1.82) is 5.26 Å². The minimum absolute atomic E-state index is 0.0759. The highest BCUT2D eigenvalue weighted by Gasteiger charge is 2.37. The van der Waals surface area contributed by atoms with E-state index in [1.807, 2.05) is 6.07 Å². The van der Waals surface area contributed by atoms with Gasteiger partial charge in [-0.3, -0.25) is 0 Å². The van der Waals surface area contributed by atoms with Crippen LogP contribution in [0.3, 0.4) is 0 Å². The van der Waals surface area contributed by atoms with Gasteiger partial charge in [0, 0.05) is 5.56 Å². The Balaban J connectivity index is 2.07. The maximum absolute atomic E-state index is 13.0. The molecule has 0 spiro atoms. The van der Waals surface area contributed by atoms with Gasteiger partial charge in [-0.05, 0) is 29.3 Å². The number of aromatic nitrogens is 3. The van der Waals surface area contributed by atoms with Crippen molar-refractivity contribution in [3.8, 4) is 28.5 Å². The first kappa shape index (κ1) is 18.4. The molecule has 0 atom stereocenters. The van der Waals surface area contributed by atoms with Crippen LogP contribution in [-0.2, 0) is 12.4 Å². The molecular formula is C17H8F6N4. The first-order valence-corrected chi connectivity index (χ1v) is 7.31. The first-order chi connectivity index (χ1) is 12.6. The number of nitriles is 1. The Kier molecular flexibility index (Phi) is 4.39. The molecule has 138 valence electrons. The lowest BCUT2D eigenvalue weighted by atomic mass is 9.97. The van der Waals surface area contributed by atoms with Crippen LogP contribution in [-0.4, -0.2) is 15.4 Å². The Hall–Kier alpha value is -3.35. The normalized spacial score (nSPS) is 12.0. The summed E-state index contributed by atoms with van der Waals surface area (Å²) in [4.78, 5) is 0. The van der Waals surface area contributed by atoms with Gasteiger partial charge in [0.15, 0.2) is 5.69 Å². The predicted octanol–water partition coefficient (Wildman–Crippen LogP) is 5.05. The lowest BCUT2D eigenvalue weighted by Gasteiger charge is -2.14. The van der Waals surface area contributed by atoms with E-state index in [1.165, 1.54) is 24.3 Å². The smallest absolute Gasteiger partial charge is 0.247 e. The van der Waals surface area contributed by atoms with Crippen molar-refractivity contribution in [2.75, 3.05) is 0 Å². The number of benzene rings is 2. The van der Waals surface area contributed by atoms with E-state index in [4.69, 9.17) is 5.26 Å². The molecule has 1 heterocycles. The summed E-state index contributed by atoms with van der Waals surface area (Å²) < 4.78 is 77.8. The molecule has 3 aromatic rings. The summed E-state index contributed by atoms with van der Waals surface area (Å²) in [6.07, 6.45) is -9.84. The summed E-state index contributed by atoms with van der Waals surface area (Å²) in [7, 11) is 0. The van der Waals surface area contributed by atoms with Crippen molar-refractivity contribution in [1.82, 2.24) is 15.4 Å². The minimum atomic E-state index is -4.92. The number of hydrogen-bond acceptors (Lipinski definition) is 3. The Morgan fingerprint density at radius 2 is 1.30 bits per heavy atom. The maximum atomic E-state index is 13.0. The maximum Gasteiger partial charge on any atom is 0.416 e. The Morgan fingerprint density at radius 3 is 1.78 bits per heavy atom. The van der Waals surface area contributed by atoms with Crippen molar-refractivity contribution < 1.29 is 26.3 Å². The van der Waals surface area contributed by atoms with Crippen molar-refractivity contribution >= 4 is 0 Å². The van der Waals surface area contributed by atoms with E-state index in [-0.39, 0.29) is 28.6 Å². The van der Waals surface area contributed by atoms with E-state index in [2.05, 4.69) is 15.4 Å². The Bertz CT molecular complexity index is 977. The molecule has 10 heteroatoms. The Morgan fingerprint density at radius 1 is 0.778 bits per heavy atom. The minimum Gasteiger partial charge on any atom is -0.247 e. The number of rotatable bonds is 2. The zero-order valence-electron chi connectivity index (χ0n) is 13.2. The van der Waals surface area contributed by atoms with Gasteiger partial charge in [-0.1, -0.05) is 29.5 Å². The average molecular weight is 382 g/mol. The zero-order chi connectivity index (χ0) is 19.8. The predicted molar refractivity (Wildman–Crippen MR) is 82.0 cm³/mol. The largest absolute Gasteiger partial charge is 0.416 e. The second-order valence-corrected chi connectivity index (χ2v) is 5.52. The van der Waals surface area contributed by atoms with Gasteiger partial charge in [0.05, 0.1) is 11.1 Å². The van der Waals surface area contributed by atoms with Crippen LogP contribution in [0.4, 0.5) is 26.3 Å². The summed E-state index contributed by atoms with van der Waals surface area (Å²) in [5.74, 6) is 0. The molecule has 2 aromatic carbocycles. The van der Waals surface area contributed by atoms with Crippen LogP contribution in [0.2, 0.25) is 0 Å². The van der Waals surface area contributed by atoms with Gasteiger partial charge < -0.3 is 0 Å². The van der Waals surface area contributed by atoms with E-state index in [1.54, 1.807) is 0 Å². The summed E-state index contributed by atoms with van der Waals surface area (Å²) >= 11 is 0. The van der Waals surface area contributed by atoms with Gasteiger partial charge in [-0.2, -0.15) is 31.6 Å². The molecule has 0 amide bonds. The van der Waals surface area contributed by atoms with Gasteiger partial charge in [0.25, 0.3) is 0 Å². The molecule has 27 heavy (non-hydrogen) atoms.